The lowest BCUT2D eigenvalue weighted by atomic mass is 10.1. The van der Waals surface area contributed by atoms with Gasteiger partial charge in [-0.05, 0) is 43.5 Å². The van der Waals surface area contributed by atoms with Gasteiger partial charge in [0.2, 0.25) is 5.91 Å². The number of hydrogen-bond acceptors (Lipinski definition) is 3. The van der Waals surface area contributed by atoms with Crippen LogP contribution in [0.25, 0.3) is 0 Å². The van der Waals surface area contributed by atoms with Crippen LogP contribution >= 0.6 is 0 Å². The Bertz CT molecular complexity index is 1270. The standard InChI is InChI=1S/C26H24F2N4O2/c1-30-17-23-22(29-30)11-7-4-8-12-24(33)32(26(34)31(23)2)25-20(27)15-19(16-21(25)28)14-13-18-9-5-3-6-10-18/h3,5-6,9-10,15-17H,4,7-8,11-12H2,1-2H3. The fourth-order valence-electron chi connectivity index (χ4n) is 3.93. The molecule has 0 N–H and O–H groups in total. The summed E-state index contributed by atoms with van der Waals surface area (Å²) in [6, 6.07) is 10.3. The number of rotatable bonds is 1. The summed E-state index contributed by atoms with van der Waals surface area (Å²) < 4.78 is 32.0. The zero-order valence-electron chi connectivity index (χ0n) is 19.0. The Kier molecular flexibility index (Phi) is 6.73. The molecule has 0 radical (unpaired) electrons. The van der Waals surface area contributed by atoms with Gasteiger partial charge in [0.25, 0.3) is 0 Å². The van der Waals surface area contributed by atoms with Crippen molar-refractivity contribution in [3.63, 3.8) is 0 Å². The lowest BCUT2D eigenvalue weighted by molar-refractivity contribution is -0.118. The van der Waals surface area contributed by atoms with Gasteiger partial charge in [-0.15, -0.1) is 0 Å². The van der Waals surface area contributed by atoms with Crippen LogP contribution in [0.2, 0.25) is 0 Å². The van der Waals surface area contributed by atoms with Crippen LogP contribution in [0.4, 0.5) is 25.0 Å². The van der Waals surface area contributed by atoms with E-state index in [1.165, 1.54) is 11.9 Å². The quantitative estimate of drug-likeness (QED) is 0.488. The van der Waals surface area contributed by atoms with Crippen LogP contribution in [0, 0.1) is 23.5 Å². The lowest BCUT2D eigenvalue weighted by Crippen LogP contribution is -2.46. The van der Waals surface area contributed by atoms with Crippen molar-refractivity contribution in [1.29, 1.82) is 0 Å². The van der Waals surface area contributed by atoms with E-state index in [4.69, 9.17) is 0 Å². The maximum Gasteiger partial charge on any atom is 0.335 e. The van der Waals surface area contributed by atoms with E-state index in [0.29, 0.717) is 34.7 Å². The number of hydrogen-bond donors (Lipinski definition) is 0. The smallest absolute Gasteiger partial charge is 0.293 e. The molecule has 1 aliphatic rings. The van der Waals surface area contributed by atoms with Gasteiger partial charge in [0, 0.05) is 37.8 Å². The van der Waals surface area contributed by atoms with Crippen molar-refractivity contribution in [1.82, 2.24) is 9.78 Å². The van der Waals surface area contributed by atoms with Gasteiger partial charge in [-0.2, -0.15) is 5.10 Å². The van der Waals surface area contributed by atoms with E-state index in [1.807, 2.05) is 18.2 Å². The minimum Gasteiger partial charge on any atom is -0.293 e. The Hall–Kier alpha value is -3.99. The summed E-state index contributed by atoms with van der Waals surface area (Å²) in [7, 11) is 3.20. The van der Waals surface area contributed by atoms with E-state index in [0.717, 1.165) is 25.0 Å². The van der Waals surface area contributed by atoms with E-state index in [2.05, 4.69) is 16.9 Å². The van der Waals surface area contributed by atoms with E-state index in [-0.39, 0.29) is 12.0 Å². The number of fused-ring (bicyclic) bond motifs is 1. The topological polar surface area (TPSA) is 58.4 Å². The second-order valence-electron chi connectivity index (χ2n) is 8.17. The van der Waals surface area contributed by atoms with Crippen LogP contribution < -0.4 is 9.80 Å². The van der Waals surface area contributed by atoms with E-state index in [9.17, 15) is 9.59 Å². The number of urea groups is 1. The third-order valence-electron chi connectivity index (χ3n) is 5.64. The predicted octanol–water partition coefficient (Wildman–Crippen LogP) is 4.80. The predicted molar refractivity (Wildman–Crippen MR) is 125 cm³/mol. The maximum absolute atomic E-state index is 15.2. The maximum atomic E-state index is 15.2. The van der Waals surface area contributed by atoms with Crippen molar-refractivity contribution in [3.8, 4) is 11.8 Å². The van der Waals surface area contributed by atoms with E-state index >= 15 is 8.78 Å². The zero-order chi connectivity index (χ0) is 24.2. The lowest BCUT2D eigenvalue weighted by Gasteiger charge is -2.27. The van der Waals surface area contributed by atoms with Crippen molar-refractivity contribution >= 4 is 23.3 Å². The SMILES string of the molecule is CN1C(=O)N(c2c(F)cc(C#Cc3ccccc3)cc2F)C(=O)CCCCCc2nn(C)cc21. The molecule has 0 aliphatic carbocycles. The number of benzene rings is 2. The molecule has 0 spiro atoms. The number of anilines is 2. The number of nitrogens with zero attached hydrogens (tertiary/aromatic N) is 4. The minimum absolute atomic E-state index is 0.000545. The first kappa shape index (κ1) is 23.2. The summed E-state index contributed by atoms with van der Waals surface area (Å²) in [6.07, 6.45) is 4.31. The van der Waals surface area contributed by atoms with Crippen molar-refractivity contribution < 1.29 is 18.4 Å². The summed E-state index contributed by atoms with van der Waals surface area (Å²) in [6.45, 7) is 0. The molecule has 3 amide bonds. The van der Waals surface area contributed by atoms with Gasteiger partial charge in [0.1, 0.15) is 5.69 Å². The molecule has 2 aromatic carbocycles. The highest BCUT2D eigenvalue weighted by Crippen LogP contribution is 2.30. The van der Waals surface area contributed by atoms with Crippen molar-refractivity contribution in [2.75, 3.05) is 16.8 Å². The first-order valence-corrected chi connectivity index (χ1v) is 11.0. The highest BCUT2D eigenvalue weighted by molar-refractivity contribution is 6.19. The highest BCUT2D eigenvalue weighted by Gasteiger charge is 2.33. The Morgan fingerprint density at radius 2 is 1.53 bits per heavy atom. The summed E-state index contributed by atoms with van der Waals surface area (Å²) >= 11 is 0. The summed E-state index contributed by atoms with van der Waals surface area (Å²) in [4.78, 5) is 28.2. The van der Waals surface area contributed by atoms with Gasteiger partial charge < -0.3 is 0 Å². The van der Waals surface area contributed by atoms with Crippen molar-refractivity contribution in [3.05, 3.63) is 77.1 Å². The Labute approximate surface area is 196 Å². The molecule has 34 heavy (non-hydrogen) atoms. The third-order valence-corrected chi connectivity index (χ3v) is 5.64. The molecular formula is C26H24F2N4O2. The summed E-state index contributed by atoms with van der Waals surface area (Å²) in [5, 5.41) is 4.41. The molecule has 0 unspecified atom stereocenters. The minimum atomic E-state index is -1.03. The van der Waals surface area contributed by atoms with Crippen LogP contribution in [0.1, 0.15) is 42.5 Å². The molecule has 8 heteroatoms. The molecule has 4 rings (SSSR count). The molecule has 2 heterocycles. The number of aromatic nitrogens is 2. The third kappa shape index (κ3) is 4.84. The Morgan fingerprint density at radius 3 is 2.24 bits per heavy atom. The molecule has 0 saturated heterocycles. The number of imide groups is 1. The van der Waals surface area contributed by atoms with Crippen LogP contribution in [-0.2, 0) is 18.3 Å². The fourth-order valence-corrected chi connectivity index (χ4v) is 3.93. The van der Waals surface area contributed by atoms with Crippen LogP contribution in [0.3, 0.4) is 0 Å². The van der Waals surface area contributed by atoms with Crippen LogP contribution in [-0.4, -0.2) is 28.8 Å². The monoisotopic (exact) mass is 462 g/mol. The molecule has 0 atom stereocenters. The number of carbonyl (C=O) groups excluding carboxylic acids is 2. The Balaban J connectivity index is 1.74. The van der Waals surface area contributed by atoms with Crippen LogP contribution in [0.15, 0.2) is 48.7 Å². The number of amides is 3. The highest BCUT2D eigenvalue weighted by atomic mass is 19.1. The molecule has 3 aromatic rings. The van der Waals surface area contributed by atoms with E-state index in [1.54, 1.807) is 30.1 Å². The van der Waals surface area contributed by atoms with Gasteiger partial charge in [-0.3, -0.25) is 14.4 Å². The molecule has 1 aromatic heterocycles. The van der Waals surface area contributed by atoms with Gasteiger partial charge in [0.05, 0.1) is 11.4 Å². The normalized spacial score (nSPS) is 14.8. The van der Waals surface area contributed by atoms with Crippen LogP contribution in [0.5, 0.6) is 0 Å². The van der Waals surface area contributed by atoms with Crippen molar-refractivity contribution in [2.45, 2.75) is 32.1 Å². The molecular weight excluding hydrogens is 438 g/mol. The number of carbonyl (C=O) groups is 2. The molecule has 6 nitrogen and oxygen atoms in total. The number of aryl methyl sites for hydroxylation is 2. The average Bonchev–Trinajstić information content (AvgIpc) is 3.18. The second-order valence-corrected chi connectivity index (χ2v) is 8.17. The number of halogens is 2. The fraction of sp³-hybridized carbons (Fsp3) is 0.269. The summed E-state index contributed by atoms with van der Waals surface area (Å²) in [5.41, 5.74) is 1.29. The largest absolute Gasteiger partial charge is 0.335 e. The van der Waals surface area contributed by atoms with Gasteiger partial charge >= 0.3 is 6.03 Å². The van der Waals surface area contributed by atoms with E-state index < -0.39 is 29.3 Å². The molecule has 0 bridgehead atoms. The first-order valence-electron chi connectivity index (χ1n) is 11.0. The van der Waals surface area contributed by atoms with Crippen molar-refractivity contribution in [2.24, 2.45) is 7.05 Å². The first-order chi connectivity index (χ1) is 16.3. The zero-order valence-corrected chi connectivity index (χ0v) is 19.0. The van der Waals surface area contributed by atoms with Gasteiger partial charge in [-0.25, -0.2) is 18.5 Å². The molecule has 1 aliphatic heterocycles. The van der Waals surface area contributed by atoms with Gasteiger partial charge in [-0.1, -0.05) is 36.5 Å². The Morgan fingerprint density at radius 1 is 0.882 bits per heavy atom. The summed E-state index contributed by atoms with van der Waals surface area (Å²) in [5.74, 6) is 2.84. The molecule has 0 fully saturated rings. The molecule has 174 valence electrons. The van der Waals surface area contributed by atoms with Gasteiger partial charge in [0.15, 0.2) is 11.6 Å². The average molecular weight is 463 g/mol. The second kappa shape index (κ2) is 9.87. The molecule has 0 saturated carbocycles.